The van der Waals surface area contributed by atoms with Crippen LogP contribution >= 0.6 is 12.4 Å². The fourth-order valence-electron chi connectivity index (χ4n) is 2.40. The Labute approximate surface area is 188 Å². The zero-order valence-corrected chi connectivity index (χ0v) is 18.2. The van der Waals surface area contributed by atoms with Crippen molar-refractivity contribution in [2.24, 2.45) is 16.5 Å². The Balaban J connectivity index is 0.00000900. The number of esters is 1. The highest BCUT2D eigenvalue weighted by atomic mass is 35.5. The summed E-state index contributed by atoms with van der Waals surface area (Å²) in [4.78, 5) is 39.0. The number of hydrogen-bond acceptors (Lipinski definition) is 6. The molecule has 1 atom stereocenters. The molecule has 0 aliphatic rings. The smallest absolute Gasteiger partial charge is 0.307 e. The molecule has 0 radical (unpaired) electrons. The molecule has 11 heteroatoms. The van der Waals surface area contributed by atoms with E-state index >= 15 is 0 Å². The summed E-state index contributed by atoms with van der Waals surface area (Å²) in [6.07, 6.45) is 0.406. The summed E-state index contributed by atoms with van der Waals surface area (Å²) in [6, 6.07) is 9.28. The van der Waals surface area contributed by atoms with E-state index in [9.17, 15) is 19.5 Å². The molecule has 31 heavy (non-hydrogen) atoms. The molecule has 1 aromatic rings. The molecule has 174 valence electrons. The molecule has 0 heterocycles. The molecule has 0 aliphatic carbocycles. The Morgan fingerprint density at radius 3 is 2.42 bits per heavy atom. The predicted octanol–water partition coefficient (Wildman–Crippen LogP) is -0.0312. The van der Waals surface area contributed by atoms with E-state index in [4.69, 9.17) is 16.2 Å². The van der Waals surface area contributed by atoms with Crippen LogP contribution in [0.4, 0.5) is 0 Å². The predicted molar refractivity (Wildman–Crippen MR) is 119 cm³/mol. The van der Waals surface area contributed by atoms with Crippen LogP contribution < -0.4 is 22.1 Å². The minimum atomic E-state index is -1.01. The van der Waals surface area contributed by atoms with Gasteiger partial charge in [0.25, 0.3) is 0 Å². The number of nitrogens with two attached hydrogens (primary N) is 2. The minimum Gasteiger partial charge on any atom is -0.461 e. The van der Waals surface area contributed by atoms with Crippen LogP contribution in [0, 0.1) is 0 Å². The number of benzene rings is 1. The number of nitrogens with one attached hydrogen (secondary N) is 2. The zero-order valence-electron chi connectivity index (χ0n) is 17.4. The van der Waals surface area contributed by atoms with E-state index in [1.54, 1.807) is 0 Å². The lowest BCUT2D eigenvalue weighted by atomic mass is 10.2. The number of aliphatic imine (C=N–C) groups is 1. The van der Waals surface area contributed by atoms with Crippen molar-refractivity contribution in [1.82, 2.24) is 10.6 Å². The molecule has 0 aliphatic heterocycles. The Morgan fingerprint density at radius 1 is 1.03 bits per heavy atom. The van der Waals surface area contributed by atoms with Gasteiger partial charge in [0.1, 0.15) is 6.61 Å². The van der Waals surface area contributed by atoms with Crippen LogP contribution in [0.3, 0.4) is 0 Å². The first-order valence-electron chi connectivity index (χ1n) is 9.83. The number of hydrogen-bond donors (Lipinski definition) is 5. The maximum absolute atomic E-state index is 11.8. The van der Waals surface area contributed by atoms with E-state index in [1.165, 1.54) is 0 Å². The van der Waals surface area contributed by atoms with Crippen LogP contribution in [0.5, 0.6) is 0 Å². The first kappa shape index (κ1) is 28.2. The van der Waals surface area contributed by atoms with Gasteiger partial charge < -0.3 is 31.9 Å². The van der Waals surface area contributed by atoms with Crippen molar-refractivity contribution in [2.45, 2.75) is 44.8 Å². The van der Waals surface area contributed by atoms with E-state index < -0.39 is 18.0 Å². The molecule has 0 fully saturated rings. The molecule has 0 saturated carbocycles. The Kier molecular flexibility index (Phi) is 15.3. The average molecular weight is 458 g/mol. The summed E-state index contributed by atoms with van der Waals surface area (Å²) in [7, 11) is 0. The summed E-state index contributed by atoms with van der Waals surface area (Å²) in [5.74, 6) is -1.04. The quantitative estimate of drug-likeness (QED) is 0.113. The molecule has 10 nitrogen and oxygen atoms in total. The maximum Gasteiger partial charge on any atom is 0.307 e. The second kappa shape index (κ2) is 16.9. The van der Waals surface area contributed by atoms with Gasteiger partial charge >= 0.3 is 5.97 Å². The summed E-state index contributed by atoms with van der Waals surface area (Å²) >= 11 is 0. The molecule has 1 rings (SSSR count). The van der Waals surface area contributed by atoms with Gasteiger partial charge in [-0.15, -0.1) is 12.4 Å². The van der Waals surface area contributed by atoms with E-state index in [1.807, 2.05) is 30.3 Å². The van der Waals surface area contributed by atoms with Crippen LogP contribution in [0.2, 0.25) is 0 Å². The van der Waals surface area contributed by atoms with Crippen molar-refractivity contribution < 1.29 is 24.2 Å². The van der Waals surface area contributed by atoms with Crippen LogP contribution in [-0.4, -0.2) is 54.6 Å². The number of carbonyl (C=O) groups excluding carboxylic acids is 3. The van der Waals surface area contributed by atoms with Crippen molar-refractivity contribution in [3.05, 3.63) is 35.9 Å². The third-order valence-corrected chi connectivity index (χ3v) is 3.96. The van der Waals surface area contributed by atoms with E-state index in [0.29, 0.717) is 19.4 Å². The summed E-state index contributed by atoms with van der Waals surface area (Å²) in [5.41, 5.74) is 11.3. The highest BCUT2D eigenvalue weighted by Crippen LogP contribution is 2.01. The summed E-state index contributed by atoms with van der Waals surface area (Å²) in [6.45, 7) is 0.721. The van der Waals surface area contributed by atoms with Gasteiger partial charge in [-0.2, -0.15) is 0 Å². The zero-order chi connectivity index (χ0) is 22.2. The topological polar surface area (TPSA) is 169 Å². The fourth-order valence-corrected chi connectivity index (χ4v) is 2.40. The van der Waals surface area contributed by atoms with Crippen LogP contribution in [0.1, 0.15) is 37.7 Å². The number of nitrogens with zero attached hydrogens (tertiary/aromatic N) is 1. The first-order valence-corrected chi connectivity index (χ1v) is 9.83. The molecule has 7 N–H and O–H groups in total. The minimum absolute atomic E-state index is 0. The van der Waals surface area contributed by atoms with Gasteiger partial charge in [-0.1, -0.05) is 30.3 Å². The highest BCUT2D eigenvalue weighted by molar-refractivity contribution is 5.85. The van der Waals surface area contributed by atoms with E-state index in [0.717, 1.165) is 5.56 Å². The molecular weight excluding hydrogens is 426 g/mol. The lowest BCUT2D eigenvalue weighted by Crippen LogP contribution is -2.36. The van der Waals surface area contributed by atoms with Crippen LogP contribution in [-0.2, 0) is 25.7 Å². The second-order valence-corrected chi connectivity index (χ2v) is 6.67. The van der Waals surface area contributed by atoms with E-state index in [-0.39, 0.29) is 63.2 Å². The van der Waals surface area contributed by atoms with Gasteiger partial charge in [0.15, 0.2) is 5.96 Å². The van der Waals surface area contributed by atoms with Gasteiger partial charge in [-0.3, -0.25) is 19.4 Å². The molecule has 0 saturated heterocycles. The number of guanidine groups is 1. The number of carbonyl (C=O) groups is 3. The van der Waals surface area contributed by atoms with Crippen molar-refractivity contribution in [3.8, 4) is 0 Å². The first-order chi connectivity index (χ1) is 14.4. The molecule has 0 unspecified atom stereocenters. The number of halogens is 1. The van der Waals surface area contributed by atoms with Crippen molar-refractivity contribution >= 4 is 36.2 Å². The monoisotopic (exact) mass is 457 g/mol. The van der Waals surface area contributed by atoms with E-state index in [2.05, 4.69) is 15.6 Å². The molecular formula is C20H32ClN5O5. The van der Waals surface area contributed by atoms with Gasteiger partial charge in [-0.25, -0.2) is 0 Å². The number of amides is 2. The number of aliphatic hydroxyl groups excluding tert-OH is 1. The van der Waals surface area contributed by atoms with Gasteiger partial charge in [0.2, 0.25) is 11.8 Å². The lowest BCUT2D eigenvalue weighted by molar-refractivity contribution is -0.144. The van der Waals surface area contributed by atoms with Gasteiger partial charge in [0.05, 0.1) is 18.9 Å². The van der Waals surface area contributed by atoms with Crippen molar-refractivity contribution in [3.63, 3.8) is 0 Å². The summed E-state index contributed by atoms with van der Waals surface area (Å²) < 4.78 is 5.11. The standard InChI is InChI=1S/C20H31N5O5.ClH/c21-20(22)24-10-5-4-8-17(27)25-13-16(26)12-18(28)23-11-9-19(29)30-14-15-6-2-1-3-7-15;/h1-3,6-7,16,26H,4-5,8-14H2,(H,23,28)(H,25,27)(H4,21,22,24);1H/t16-;/m0./s1. The third kappa shape index (κ3) is 15.6. The Bertz CT molecular complexity index is 698. The SMILES string of the molecule is Cl.NC(N)=NCCCCC(=O)NC[C@@H](O)CC(=O)NCCC(=O)OCc1ccccc1. The van der Waals surface area contributed by atoms with Crippen molar-refractivity contribution in [1.29, 1.82) is 0 Å². The largest absolute Gasteiger partial charge is 0.461 e. The molecule has 2 amide bonds. The number of unbranched alkanes of at least 4 members (excludes halogenated alkanes) is 1. The average Bonchev–Trinajstić information content (AvgIpc) is 2.71. The van der Waals surface area contributed by atoms with Crippen LogP contribution in [0.25, 0.3) is 0 Å². The Morgan fingerprint density at radius 2 is 1.74 bits per heavy atom. The Hall–Kier alpha value is -2.85. The summed E-state index contributed by atoms with van der Waals surface area (Å²) in [5, 5.41) is 15.0. The number of rotatable bonds is 14. The normalized spacial score (nSPS) is 10.9. The van der Waals surface area contributed by atoms with Gasteiger partial charge in [0, 0.05) is 26.1 Å². The number of aliphatic hydroxyl groups is 1. The molecule has 1 aromatic carbocycles. The lowest BCUT2D eigenvalue weighted by Gasteiger charge is -2.12. The molecule has 0 bridgehead atoms. The van der Waals surface area contributed by atoms with Crippen LogP contribution in [0.15, 0.2) is 35.3 Å². The highest BCUT2D eigenvalue weighted by Gasteiger charge is 2.12. The molecule has 0 aromatic heterocycles. The fraction of sp³-hybridized carbons (Fsp3) is 0.500. The number of ether oxygens (including phenoxy) is 1. The maximum atomic E-state index is 11.8. The van der Waals surface area contributed by atoms with Crippen molar-refractivity contribution in [2.75, 3.05) is 19.6 Å². The third-order valence-electron chi connectivity index (χ3n) is 3.96. The molecule has 0 spiro atoms. The van der Waals surface area contributed by atoms with Gasteiger partial charge in [-0.05, 0) is 18.4 Å². The second-order valence-electron chi connectivity index (χ2n) is 6.67.